The molecule has 0 radical (unpaired) electrons. The van der Waals surface area contributed by atoms with Gasteiger partial charge in [0.2, 0.25) is 11.9 Å². The molecular weight excluding hydrogens is 258 g/mol. The second-order valence-electron chi connectivity index (χ2n) is 4.37. The van der Waals surface area contributed by atoms with Gasteiger partial charge in [0.15, 0.2) is 5.16 Å². The fourth-order valence-corrected chi connectivity index (χ4v) is 2.28. The lowest BCUT2D eigenvalue weighted by atomic mass is 10.2. The molecule has 19 heavy (non-hydrogen) atoms. The molecule has 0 unspecified atom stereocenters. The highest BCUT2D eigenvalue weighted by Crippen LogP contribution is 2.20. The number of nitrogen functional groups attached to an aromatic ring is 1. The van der Waals surface area contributed by atoms with Crippen LogP contribution in [0.1, 0.15) is 19.4 Å². The van der Waals surface area contributed by atoms with Crippen LogP contribution in [-0.4, -0.2) is 21.0 Å². The van der Waals surface area contributed by atoms with Crippen molar-refractivity contribution >= 4 is 23.7 Å². The highest BCUT2D eigenvalue weighted by Gasteiger charge is 2.06. The van der Waals surface area contributed by atoms with Gasteiger partial charge in [-0.2, -0.15) is 15.0 Å². The molecule has 2 aromatic rings. The summed E-state index contributed by atoms with van der Waals surface area (Å²) in [6.45, 7) is 4.05. The van der Waals surface area contributed by atoms with Gasteiger partial charge >= 0.3 is 0 Å². The monoisotopic (exact) mass is 275 g/mol. The van der Waals surface area contributed by atoms with Crippen molar-refractivity contribution in [1.29, 1.82) is 0 Å². The topological polar surface area (TPSA) is 76.7 Å². The zero-order valence-corrected chi connectivity index (χ0v) is 11.8. The van der Waals surface area contributed by atoms with Gasteiger partial charge in [-0.3, -0.25) is 0 Å². The Morgan fingerprint density at radius 1 is 1.16 bits per heavy atom. The summed E-state index contributed by atoms with van der Waals surface area (Å²) in [6, 6.07) is 10.4. The van der Waals surface area contributed by atoms with Crippen LogP contribution in [-0.2, 0) is 5.75 Å². The maximum absolute atomic E-state index is 5.69. The minimum Gasteiger partial charge on any atom is -0.368 e. The van der Waals surface area contributed by atoms with Gasteiger partial charge < -0.3 is 11.1 Å². The normalized spacial score (nSPS) is 10.7. The number of benzene rings is 1. The Morgan fingerprint density at radius 2 is 1.89 bits per heavy atom. The van der Waals surface area contributed by atoms with Crippen molar-refractivity contribution in [1.82, 2.24) is 15.0 Å². The molecule has 1 aromatic carbocycles. The molecular formula is C13H17N5S. The predicted molar refractivity (Wildman–Crippen MR) is 79.0 cm³/mol. The number of aromatic nitrogens is 3. The summed E-state index contributed by atoms with van der Waals surface area (Å²) in [6.07, 6.45) is 0. The van der Waals surface area contributed by atoms with Gasteiger partial charge in [-0.1, -0.05) is 42.1 Å². The minimum absolute atomic E-state index is 0.244. The maximum Gasteiger partial charge on any atom is 0.228 e. The molecule has 100 valence electrons. The Hall–Kier alpha value is -1.82. The lowest BCUT2D eigenvalue weighted by Gasteiger charge is -2.09. The van der Waals surface area contributed by atoms with Crippen LogP contribution >= 0.6 is 11.8 Å². The fraction of sp³-hybridized carbons (Fsp3) is 0.308. The average molecular weight is 275 g/mol. The molecule has 0 aliphatic heterocycles. The van der Waals surface area contributed by atoms with Gasteiger partial charge in [-0.15, -0.1) is 0 Å². The predicted octanol–water partition coefficient (Wildman–Crippen LogP) is 2.57. The molecule has 0 saturated heterocycles. The molecule has 0 aliphatic rings. The molecule has 5 nitrogen and oxygen atoms in total. The molecule has 0 saturated carbocycles. The van der Waals surface area contributed by atoms with E-state index in [-0.39, 0.29) is 12.0 Å². The zero-order chi connectivity index (χ0) is 13.7. The quantitative estimate of drug-likeness (QED) is 0.817. The third-order valence-electron chi connectivity index (χ3n) is 2.26. The molecule has 1 heterocycles. The first-order valence-electron chi connectivity index (χ1n) is 6.08. The van der Waals surface area contributed by atoms with Crippen LogP contribution in [0, 0.1) is 0 Å². The Kier molecular flexibility index (Phi) is 4.57. The van der Waals surface area contributed by atoms with Crippen LogP contribution in [0.25, 0.3) is 0 Å². The first kappa shape index (κ1) is 13.6. The number of nitrogens with zero attached hydrogens (tertiary/aromatic N) is 3. The molecule has 0 spiro atoms. The van der Waals surface area contributed by atoms with E-state index in [2.05, 4.69) is 32.4 Å². The highest BCUT2D eigenvalue weighted by molar-refractivity contribution is 7.98. The summed E-state index contributed by atoms with van der Waals surface area (Å²) in [7, 11) is 0. The molecule has 0 atom stereocenters. The van der Waals surface area contributed by atoms with E-state index >= 15 is 0 Å². The van der Waals surface area contributed by atoms with E-state index in [1.54, 1.807) is 11.8 Å². The number of hydrogen-bond acceptors (Lipinski definition) is 6. The van der Waals surface area contributed by atoms with Gasteiger partial charge in [-0.05, 0) is 19.4 Å². The van der Waals surface area contributed by atoms with Crippen LogP contribution in [0.5, 0.6) is 0 Å². The smallest absolute Gasteiger partial charge is 0.228 e. The first-order chi connectivity index (χ1) is 9.13. The van der Waals surface area contributed by atoms with Crippen molar-refractivity contribution in [2.45, 2.75) is 30.8 Å². The van der Waals surface area contributed by atoms with Crippen LogP contribution in [0.4, 0.5) is 11.9 Å². The molecule has 0 fully saturated rings. The lowest BCUT2D eigenvalue weighted by molar-refractivity contribution is 0.840. The highest BCUT2D eigenvalue weighted by atomic mass is 32.2. The minimum atomic E-state index is 0.244. The molecule has 6 heteroatoms. The second-order valence-corrected chi connectivity index (χ2v) is 5.32. The summed E-state index contributed by atoms with van der Waals surface area (Å²) >= 11 is 1.55. The van der Waals surface area contributed by atoms with E-state index in [1.807, 2.05) is 32.0 Å². The molecule has 0 aliphatic carbocycles. The van der Waals surface area contributed by atoms with E-state index in [9.17, 15) is 0 Å². The van der Waals surface area contributed by atoms with Crippen LogP contribution in [0.3, 0.4) is 0 Å². The molecule has 0 amide bonds. The molecule has 1 aromatic heterocycles. The Bertz CT molecular complexity index is 530. The number of thioether (sulfide) groups is 1. The fourth-order valence-electron chi connectivity index (χ4n) is 1.48. The van der Waals surface area contributed by atoms with Gasteiger partial charge in [0.25, 0.3) is 0 Å². The number of nitrogens with one attached hydrogen (secondary N) is 1. The van der Waals surface area contributed by atoms with E-state index in [0.717, 1.165) is 5.75 Å². The summed E-state index contributed by atoms with van der Waals surface area (Å²) in [5.41, 5.74) is 6.92. The zero-order valence-electron chi connectivity index (χ0n) is 11.0. The third kappa shape index (κ3) is 4.40. The van der Waals surface area contributed by atoms with Gasteiger partial charge in [0, 0.05) is 11.8 Å². The largest absolute Gasteiger partial charge is 0.368 e. The Labute approximate surface area is 117 Å². The molecule has 2 rings (SSSR count). The van der Waals surface area contributed by atoms with Crippen molar-refractivity contribution < 1.29 is 0 Å². The van der Waals surface area contributed by atoms with E-state index < -0.39 is 0 Å². The van der Waals surface area contributed by atoms with Gasteiger partial charge in [0.05, 0.1) is 0 Å². The molecule has 3 N–H and O–H groups in total. The van der Waals surface area contributed by atoms with Crippen LogP contribution in [0.15, 0.2) is 35.5 Å². The van der Waals surface area contributed by atoms with E-state index in [4.69, 9.17) is 5.73 Å². The van der Waals surface area contributed by atoms with Crippen molar-refractivity contribution in [2.75, 3.05) is 11.1 Å². The van der Waals surface area contributed by atoms with E-state index in [0.29, 0.717) is 11.1 Å². The number of rotatable bonds is 5. The van der Waals surface area contributed by atoms with E-state index in [1.165, 1.54) is 5.56 Å². The SMILES string of the molecule is CC(C)Nc1nc(N)nc(SCc2ccccc2)n1. The second kappa shape index (κ2) is 6.38. The van der Waals surface area contributed by atoms with Crippen molar-refractivity contribution in [3.8, 4) is 0 Å². The van der Waals surface area contributed by atoms with Crippen LogP contribution < -0.4 is 11.1 Å². The van der Waals surface area contributed by atoms with Crippen LogP contribution in [0.2, 0.25) is 0 Å². The number of nitrogens with two attached hydrogens (primary N) is 1. The summed E-state index contributed by atoms with van der Waals surface area (Å²) in [5, 5.41) is 3.77. The third-order valence-corrected chi connectivity index (χ3v) is 3.18. The summed E-state index contributed by atoms with van der Waals surface area (Å²) in [5.74, 6) is 1.58. The lowest BCUT2D eigenvalue weighted by Crippen LogP contribution is -2.14. The Balaban J connectivity index is 2.05. The molecule has 0 bridgehead atoms. The average Bonchev–Trinajstić information content (AvgIpc) is 2.36. The van der Waals surface area contributed by atoms with Gasteiger partial charge in [0.1, 0.15) is 0 Å². The summed E-state index contributed by atoms with van der Waals surface area (Å²) in [4.78, 5) is 12.5. The first-order valence-corrected chi connectivity index (χ1v) is 7.07. The van der Waals surface area contributed by atoms with Gasteiger partial charge in [-0.25, -0.2) is 0 Å². The number of hydrogen-bond donors (Lipinski definition) is 2. The standard InChI is InChI=1S/C13H17N5S/c1-9(2)15-12-16-11(14)17-13(18-12)19-8-10-6-4-3-5-7-10/h3-7,9H,8H2,1-2H3,(H3,14,15,16,17,18). The van der Waals surface area contributed by atoms with Crippen molar-refractivity contribution in [2.24, 2.45) is 0 Å². The summed E-state index contributed by atoms with van der Waals surface area (Å²) < 4.78 is 0. The maximum atomic E-state index is 5.69. The number of anilines is 2. The van der Waals surface area contributed by atoms with Crippen molar-refractivity contribution in [3.05, 3.63) is 35.9 Å². The Morgan fingerprint density at radius 3 is 2.58 bits per heavy atom. The van der Waals surface area contributed by atoms with Crippen molar-refractivity contribution in [3.63, 3.8) is 0 Å².